The van der Waals surface area contributed by atoms with Gasteiger partial charge in [0.15, 0.2) is 11.3 Å². The fourth-order valence-electron chi connectivity index (χ4n) is 8.94. The van der Waals surface area contributed by atoms with E-state index in [4.69, 9.17) is 9.97 Å². The number of hydrogen-bond acceptors (Lipinski definition) is 4. The van der Waals surface area contributed by atoms with Gasteiger partial charge in [-0.1, -0.05) is 100 Å². The van der Waals surface area contributed by atoms with Crippen LogP contribution in [0.2, 0.25) is 0 Å². The third kappa shape index (κ3) is 3.63. The molecule has 244 valence electrons. The predicted octanol–water partition coefficient (Wildman–Crippen LogP) is 11.0. The van der Waals surface area contributed by atoms with Gasteiger partial charge in [-0.15, -0.1) is 0 Å². The van der Waals surface area contributed by atoms with Gasteiger partial charge in [0.2, 0.25) is 0 Å². The lowest BCUT2D eigenvalue weighted by Crippen LogP contribution is -2.31. The number of benzene rings is 5. The lowest BCUT2D eigenvalue weighted by molar-refractivity contribution is 0.631. The Morgan fingerprint density at radius 1 is 0.460 bits per heavy atom. The Kier molecular flexibility index (Phi) is 5.73. The molecule has 5 aromatic carbocycles. The topological polar surface area (TPSA) is 41.1 Å². The third-order valence-corrected chi connectivity index (χ3v) is 11.4. The largest absolute Gasteiger partial charge is 0.310 e. The third-order valence-electron chi connectivity index (χ3n) is 11.4. The summed E-state index contributed by atoms with van der Waals surface area (Å²) >= 11 is 0. The number of fused-ring (bicyclic) bond motifs is 10. The van der Waals surface area contributed by atoms with Crippen molar-refractivity contribution in [2.45, 2.75) is 52.4 Å². The van der Waals surface area contributed by atoms with E-state index in [0.29, 0.717) is 0 Å². The number of nitrogens with zero attached hydrogens (tertiary/aromatic N) is 6. The fraction of sp³-hybridized carbons (Fsp3) is 0.182. The van der Waals surface area contributed by atoms with Gasteiger partial charge in [0.05, 0.1) is 45.2 Å². The van der Waals surface area contributed by atoms with Crippen molar-refractivity contribution in [2.24, 2.45) is 0 Å². The first kappa shape index (κ1) is 29.1. The van der Waals surface area contributed by atoms with Crippen molar-refractivity contribution in [3.8, 4) is 0 Å². The van der Waals surface area contributed by atoms with Crippen LogP contribution in [0.1, 0.15) is 61.3 Å². The Morgan fingerprint density at radius 2 is 0.860 bits per heavy atom. The normalized spacial score (nSPS) is 15.6. The van der Waals surface area contributed by atoms with Gasteiger partial charge in [0.1, 0.15) is 0 Å². The highest BCUT2D eigenvalue weighted by atomic mass is 15.2. The SMILES string of the molecule is Cc1cnc2c3ncc(C)n3c3c(N4c5ccccc5C(C)(C)c5ccccc54)cc(N4c5ccccc5C(C)(C)c5ccccc54)cc3n12. The summed E-state index contributed by atoms with van der Waals surface area (Å²) in [5, 5.41) is 0. The van der Waals surface area contributed by atoms with Crippen molar-refractivity contribution in [3.63, 3.8) is 0 Å². The summed E-state index contributed by atoms with van der Waals surface area (Å²) in [4.78, 5) is 14.8. The molecule has 0 bridgehead atoms. The molecular formula is C44H38N6. The number of imidazole rings is 2. The van der Waals surface area contributed by atoms with Crippen LogP contribution in [0.15, 0.2) is 122 Å². The number of para-hydroxylation sites is 4. The monoisotopic (exact) mass is 650 g/mol. The highest BCUT2D eigenvalue weighted by Gasteiger charge is 2.40. The second kappa shape index (κ2) is 9.85. The average molecular weight is 651 g/mol. The number of hydrogen-bond donors (Lipinski definition) is 0. The molecule has 0 N–H and O–H groups in total. The summed E-state index contributed by atoms with van der Waals surface area (Å²) in [5.74, 6) is 0. The van der Waals surface area contributed by atoms with Crippen molar-refractivity contribution in [1.29, 1.82) is 0 Å². The molecule has 0 spiro atoms. The van der Waals surface area contributed by atoms with Crippen molar-refractivity contribution in [2.75, 3.05) is 9.80 Å². The summed E-state index contributed by atoms with van der Waals surface area (Å²) in [7, 11) is 0. The van der Waals surface area contributed by atoms with E-state index in [1.807, 2.05) is 12.4 Å². The zero-order valence-corrected chi connectivity index (χ0v) is 29.2. The maximum Gasteiger partial charge on any atom is 0.181 e. The van der Waals surface area contributed by atoms with Crippen LogP contribution in [-0.4, -0.2) is 18.8 Å². The Hall–Kier alpha value is -5.88. The van der Waals surface area contributed by atoms with E-state index in [1.165, 1.54) is 45.0 Å². The van der Waals surface area contributed by atoms with Gasteiger partial charge in [0, 0.05) is 34.6 Å². The second-order valence-electron chi connectivity index (χ2n) is 14.9. The first-order chi connectivity index (χ1) is 24.2. The highest BCUT2D eigenvalue weighted by Crippen LogP contribution is 2.56. The standard InChI is InChI=1S/C44H38N6/c1-27-25-45-41-42-46-26-28(2)48(42)40-38(47(27)41)23-29(49-34-19-11-7-15-30(34)43(3,4)31-16-8-12-20-35(31)49)24-39(40)50-36-21-13-9-17-32(36)44(5,6)33-18-10-14-22-37(33)50/h7-26H,1-6H3. The maximum atomic E-state index is 4.95. The summed E-state index contributed by atoms with van der Waals surface area (Å²) in [5.41, 5.74) is 17.8. The van der Waals surface area contributed by atoms with Crippen molar-refractivity contribution in [3.05, 3.63) is 155 Å². The summed E-state index contributed by atoms with van der Waals surface area (Å²) in [6.45, 7) is 13.7. The number of anilines is 6. The van der Waals surface area contributed by atoms with E-state index in [0.717, 1.165) is 45.1 Å². The molecule has 0 amide bonds. The molecule has 5 heterocycles. The number of rotatable bonds is 2. The van der Waals surface area contributed by atoms with Gasteiger partial charge in [0.25, 0.3) is 0 Å². The molecule has 0 radical (unpaired) electrons. The van der Waals surface area contributed by atoms with Crippen LogP contribution >= 0.6 is 0 Å². The van der Waals surface area contributed by atoms with Gasteiger partial charge in [-0.05, 0) is 72.5 Å². The zero-order chi connectivity index (χ0) is 34.1. The van der Waals surface area contributed by atoms with Crippen LogP contribution in [0.3, 0.4) is 0 Å². The Labute approximate surface area is 291 Å². The van der Waals surface area contributed by atoms with Gasteiger partial charge >= 0.3 is 0 Å². The van der Waals surface area contributed by atoms with Gasteiger partial charge in [-0.2, -0.15) is 0 Å². The molecule has 3 aromatic heterocycles. The molecule has 2 aliphatic rings. The molecular weight excluding hydrogens is 613 g/mol. The Bertz CT molecular complexity index is 2610. The summed E-state index contributed by atoms with van der Waals surface area (Å²) < 4.78 is 4.60. The molecule has 0 unspecified atom stereocenters. The zero-order valence-electron chi connectivity index (χ0n) is 29.2. The van der Waals surface area contributed by atoms with Crippen molar-refractivity contribution >= 4 is 56.5 Å². The molecule has 50 heavy (non-hydrogen) atoms. The van der Waals surface area contributed by atoms with Crippen LogP contribution in [0, 0.1) is 13.8 Å². The smallest absolute Gasteiger partial charge is 0.181 e. The van der Waals surface area contributed by atoms with Crippen molar-refractivity contribution in [1.82, 2.24) is 18.8 Å². The molecule has 0 aliphatic carbocycles. The molecule has 6 heteroatoms. The lowest BCUT2D eigenvalue weighted by Gasteiger charge is -2.44. The second-order valence-corrected chi connectivity index (χ2v) is 14.9. The van der Waals surface area contributed by atoms with Gasteiger partial charge < -0.3 is 9.80 Å². The first-order valence-electron chi connectivity index (χ1n) is 17.4. The lowest BCUT2D eigenvalue weighted by atomic mass is 9.73. The van der Waals surface area contributed by atoms with E-state index < -0.39 is 0 Å². The summed E-state index contributed by atoms with van der Waals surface area (Å²) in [6.07, 6.45) is 3.93. The molecule has 0 saturated heterocycles. The Morgan fingerprint density at radius 3 is 1.34 bits per heavy atom. The van der Waals surface area contributed by atoms with Crippen LogP contribution in [-0.2, 0) is 10.8 Å². The molecule has 8 aromatic rings. The fourth-order valence-corrected chi connectivity index (χ4v) is 8.94. The van der Waals surface area contributed by atoms with Gasteiger partial charge in [-0.3, -0.25) is 8.80 Å². The van der Waals surface area contributed by atoms with E-state index in [-0.39, 0.29) is 10.8 Å². The number of aryl methyl sites for hydroxylation is 2. The minimum absolute atomic E-state index is 0.159. The van der Waals surface area contributed by atoms with E-state index in [9.17, 15) is 0 Å². The molecule has 0 fully saturated rings. The summed E-state index contributed by atoms with van der Waals surface area (Å²) in [6, 6.07) is 40.3. The maximum absolute atomic E-state index is 4.95. The van der Waals surface area contributed by atoms with E-state index in [1.54, 1.807) is 0 Å². The quantitative estimate of drug-likeness (QED) is 0.187. The minimum Gasteiger partial charge on any atom is -0.310 e. The minimum atomic E-state index is -0.179. The molecule has 2 aliphatic heterocycles. The number of aromatic nitrogens is 4. The van der Waals surface area contributed by atoms with Gasteiger partial charge in [-0.25, -0.2) is 9.97 Å². The highest BCUT2D eigenvalue weighted by molar-refractivity contribution is 6.04. The van der Waals surface area contributed by atoms with Crippen LogP contribution < -0.4 is 9.80 Å². The predicted molar refractivity (Wildman–Crippen MR) is 205 cm³/mol. The molecule has 6 nitrogen and oxygen atoms in total. The average Bonchev–Trinajstić information content (AvgIpc) is 3.71. The van der Waals surface area contributed by atoms with E-state index in [2.05, 4.69) is 169 Å². The van der Waals surface area contributed by atoms with Crippen LogP contribution in [0.5, 0.6) is 0 Å². The molecule has 10 rings (SSSR count). The van der Waals surface area contributed by atoms with Crippen LogP contribution in [0.4, 0.5) is 34.1 Å². The van der Waals surface area contributed by atoms with Crippen molar-refractivity contribution < 1.29 is 0 Å². The Balaban J connectivity index is 1.40. The first-order valence-corrected chi connectivity index (χ1v) is 17.4. The molecule has 0 saturated carbocycles. The van der Waals surface area contributed by atoms with E-state index >= 15 is 0 Å². The van der Waals surface area contributed by atoms with Crippen LogP contribution in [0.25, 0.3) is 22.3 Å². The molecule has 0 atom stereocenters.